The minimum absolute atomic E-state index is 0.773. The van der Waals surface area contributed by atoms with Crippen molar-refractivity contribution in [2.45, 2.75) is 6.92 Å². The van der Waals surface area contributed by atoms with Gasteiger partial charge in [0.1, 0.15) is 0 Å². The second kappa shape index (κ2) is 3.11. The van der Waals surface area contributed by atoms with Crippen LogP contribution >= 0.6 is 0 Å². The summed E-state index contributed by atoms with van der Waals surface area (Å²) in [4.78, 5) is 0. The largest absolute Gasteiger partial charge is 0.399 e. The second-order valence-electron chi connectivity index (χ2n) is 2.07. The Kier molecular flexibility index (Phi) is 2.15. The van der Waals surface area contributed by atoms with Crippen LogP contribution in [-0.2, 0) is 0 Å². The molecule has 0 bridgehead atoms. The van der Waals surface area contributed by atoms with Gasteiger partial charge in [-0.2, -0.15) is 0 Å². The average Bonchev–Trinajstić information content (AvgIpc) is 1.88. The van der Waals surface area contributed by atoms with Crippen molar-refractivity contribution in [3.63, 3.8) is 0 Å². The molecule has 1 aromatic carbocycles. The zero-order valence-corrected chi connectivity index (χ0v) is 6.02. The molecule has 0 unspecified atom stereocenters. The van der Waals surface area contributed by atoms with E-state index in [-0.39, 0.29) is 0 Å². The third-order valence-corrected chi connectivity index (χ3v) is 1.19. The van der Waals surface area contributed by atoms with Crippen molar-refractivity contribution in [3.05, 3.63) is 24.3 Å². The number of hydrogen-bond donors (Lipinski definition) is 2. The molecular formula is C8H11N2. The fraction of sp³-hybridized carbons (Fsp3) is 0.250. The monoisotopic (exact) mass is 135 g/mol. The zero-order valence-electron chi connectivity index (χ0n) is 6.02. The number of benzene rings is 1. The van der Waals surface area contributed by atoms with E-state index in [1.54, 1.807) is 0 Å². The molecule has 3 N–H and O–H groups in total. The third kappa shape index (κ3) is 1.65. The normalized spacial score (nSPS) is 9.30. The lowest BCUT2D eigenvalue weighted by atomic mass is 10.3. The number of nitrogens with one attached hydrogen (secondary N) is 1. The molecule has 0 amide bonds. The molecule has 0 aliphatic rings. The zero-order chi connectivity index (χ0) is 7.40. The average molecular weight is 135 g/mol. The highest BCUT2D eigenvalue weighted by Gasteiger charge is 1.88. The number of hydrogen-bond acceptors (Lipinski definition) is 2. The molecule has 0 aromatic heterocycles. The van der Waals surface area contributed by atoms with Gasteiger partial charge in [-0.1, -0.05) is 6.07 Å². The van der Waals surface area contributed by atoms with Gasteiger partial charge in [-0.3, -0.25) is 0 Å². The quantitative estimate of drug-likeness (QED) is 0.603. The lowest BCUT2D eigenvalue weighted by Gasteiger charge is -2.01. The molecule has 0 saturated heterocycles. The standard InChI is InChI=1S/C8H11N2/c1-2-10-8-5-3-4-7(9)6-8/h3-4,6,10H,2,9H2,1H3. The van der Waals surface area contributed by atoms with Gasteiger partial charge in [0.25, 0.3) is 0 Å². The van der Waals surface area contributed by atoms with E-state index in [2.05, 4.69) is 11.4 Å². The summed E-state index contributed by atoms with van der Waals surface area (Å²) in [5.74, 6) is 0. The molecule has 0 saturated carbocycles. The van der Waals surface area contributed by atoms with Crippen LogP contribution in [0.1, 0.15) is 6.92 Å². The maximum Gasteiger partial charge on any atom is 0.0441 e. The number of rotatable bonds is 2. The minimum atomic E-state index is 0.773. The molecule has 1 radical (unpaired) electrons. The molecule has 2 heteroatoms. The van der Waals surface area contributed by atoms with Crippen molar-refractivity contribution in [2.24, 2.45) is 0 Å². The van der Waals surface area contributed by atoms with E-state index in [1.165, 1.54) is 0 Å². The van der Waals surface area contributed by atoms with Crippen LogP contribution in [0, 0.1) is 6.07 Å². The molecule has 0 spiro atoms. The van der Waals surface area contributed by atoms with Gasteiger partial charge in [-0.15, -0.1) is 0 Å². The molecule has 10 heavy (non-hydrogen) atoms. The van der Waals surface area contributed by atoms with Crippen molar-refractivity contribution in [3.8, 4) is 0 Å². The molecule has 1 aromatic rings. The summed E-state index contributed by atoms with van der Waals surface area (Å²) < 4.78 is 0. The second-order valence-corrected chi connectivity index (χ2v) is 2.07. The minimum Gasteiger partial charge on any atom is -0.399 e. The molecule has 53 valence electrons. The molecule has 1 rings (SSSR count). The van der Waals surface area contributed by atoms with E-state index in [4.69, 9.17) is 5.73 Å². The van der Waals surface area contributed by atoms with Crippen molar-refractivity contribution in [1.82, 2.24) is 0 Å². The van der Waals surface area contributed by atoms with Gasteiger partial charge in [0.15, 0.2) is 0 Å². The van der Waals surface area contributed by atoms with Crippen molar-refractivity contribution < 1.29 is 0 Å². The van der Waals surface area contributed by atoms with Crippen molar-refractivity contribution in [2.75, 3.05) is 17.6 Å². The van der Waals surface area contributed by atoms with Crippen molar-refractivity contribution in [1.29, 1.82) is 0 Å². The SMILES string of the molecule is CCNc1[c]ccc(N)c1. The first-order valence-corrected chi connectivity index (χ1v) is 3.34. The Morgan fingerprint density at radius 1 is 1.70 bits per heavy atom. The van der Waals surface area contributed by atoms with E-state index in [0.717, 1.165) is 17.9 Å². The lowest BCUT2D eigenvalue weighted by Crippen LogP contribution is -1.96. The molecule has 0 fully saturated rings. The smallest absolute Gasteiger partial charge is 0.0441 e. The number of anilines is 2. The van der Waals surface area contributed by atoms with E-state index in [0.29, 0.717) is 0 Å². The van der Waals surface area contributed by atoms with Gasteiger partial charge in [-0.05, 0) is 19.1 Å². The Morgan fingerprint density at radius 2 is 2.50 bits per heavy atom. The Bertz CT molecular complexity index is 208. The Hall–Kier alpha value is -1.18. The Morgan fingerprint density at radius 3 is 3.10 bits per heavy atom. The van der Waals surface area contributed by atoms with Gasteiger partial charge in [0.05, 0.1) is 0 Å². The van der Waals surface area contributed by atoms with Crippen LogP contribution in [-0.4, -0.2) is 6.54 Å². The predicted octanol–water partition coefficient (Wildman–Crippen LogP) is 1.50. The van der Waals surface area contributed by atoms with E-state index in [9.17, 15) is 0 Å². The molecule has 0 aliphatic heterocycles. The van der Waals surface area contributed by atoms with Crippen LogP contribution in [0.5, 0.6) is 0 Å². The number of nitrogens with two attached hydrogens (primary N) is 1. The summed E-state index contributed by atoms with van der Waals surface area (Å²) >= 11 is 0. The summed E-state index contributed by atoms with van der Waals surface area (Å²) in [6.45, 7) is 2.94. The summed E-state index contributed by atoms with van der Waals surface area (Å²) in [7, 11) is 0. The highest BCUT2D eigenvalue weighted by Crippen LogP contribution is 2.09. The van der Waals surface area contributed by atoms with E-state index in [1.807, 2.05) is 25.1 Å². The Labute approximate surface area is 61.1 Å². The van der Waals surface area contributed by atoms with E-state index < -0.39 is 0 Å². The summed E-state index contributed by atoms with van der Waals surface area (Å²) in [6.07, 6.45) is 0. The highest BCUT2D eigenvalue weighted by molar-refractivity contribution is 5.53. The topological polar surface area (TPSA) is 38.0 Å². The maximum absolute atomic E-state index is 5.53. The van der Waals surface area contributed by atoms with E-state index >= 15 is 0 Å². The van der Waals surface area contributed by atoms with Crippen LogP contribution < -0.4 is 11.1 Å². The van der Waals surface area contributed by atoms with Crippen molar-refractivity contribution >= 4 is 11.4 Å². The van der Waals surface area contributed by atoms with Gasteiger partial charge in [-0.25, -0.2) is 0 Å². The van der Waals surface area contributed by atoms with Crippen LogP contribution in [0.25, 0.3) is 0 Å². The predicted molar refractivity (Wildman–Crippen MR) is 43.9 cm³/mol. The molecule has 2 nitrogen and oxygen atoms in total. The highest BCUT2D eigenvalue weighted by atomic mass is 14.8. The fourth-order valence-corrected chi connectivity index (χ4v) is 0.777. The molecular weight excluding hydrogens is 124 g/mol. The first-order chi connectivity index (χ1) is 4.83. The molecule has 0 heterocycles. The van der Waals surface area contributed by atoms with Crippen LogP contribution in [0.3, 0.4) is 0 Å². The van der Waals surface area contributed by atoms with Gasteiger partial charge in [0.2, 0.25) is 0 Å². The van der Waals surface area contributed by atoms with Gasteiger partial charge in [0, 0.05) is 24.0 Å². The van der Waals surface area contributed by atoms with Crippen LogP contribution in [0.2, 0.25) is 0 Å². The first kappa shape index (κ1) is 6.93. The summed E-state index contributed by atoms with van der Waals surface area (Å²) in [6, 6.07) is 8.52. The maximum atomic E-state index is 5.53. The van der Waals surface area contributed by atoms with Crippen LogP contribution in [0.15, 0.2) is 18.2 Å². The number of nitrogen functional groups attached to an aromatic ring is 1. The molecule has 0 atom stereocenters. The van der Waals surface area contributed by atoms with Gasteiger partial charge < -0.3 is 11.1 Å². The Balaban J connectivity index is 2.75. The van der Waals surface area contributed by atoms with Crippen LogP contribution in [0.4, 0.5) is 11.4 Å². The third-order valence-electron chi connectivity index (χ3n) is 1.19. The summed E-state index contributed by atoms with van der Waals surface area (Å²) in [5.41, 5.74) is 7.26. The molecule has 0 aliphatic carbocycles. The first-order valence-electron chi connectivity index (χ1n) is 3.34. The fourth-order valence-electron chi connectivity index (χ4n) is 0.777. The summed E-state index contributed by atoms with van der Waals surface area (Å²) in [5, 5.41) is 3.11. The lowest BCUT2D eigenvalue weighted by molar-refractivity contribution is 1.21. The van der Waals surface area contributed by atoms with Gasteiger partial charge >= 0.3 is 0 Å².